The van der Waals surface area contributed by atoms with Crippen LogP contribution in [0.5, 0.6) is 0 Å². The molecule has 0 saturated carbocycles. The summed E-state index contributed by atoms with van der Waals surface area (Å²) in [5.74, 6) is 0.153. The summed E-state index contributed by atoms with van der Waals surface area (Å²) < 4.78 is 13.9. The Hall–Kier alpha value is -1.21. The molecule has 3 N–H and O–H groups in total. The van der Waals surface area contributed by atoms with Gasteiger partial charge in [0.05, 0.1) is 17.9 Å². The molecule has 5 nitrogen and oxygen atoms in total. The molecule has 0 unspecified atom stereocenters. The summed E-state index contributed by atoms with van der Waals surface area (Å²) in [4.78, 5) is 4.08. The fraction of sp³-hybridized carbons (Fsp3) is 0.647. The standard InChI is InChI=1S/C17H25FN2O3/c1-11-16(22)17(23)15(21)10-20(11)9-12-6-7-19(8-12)14-5-3-2-4-13(14)18/h2-5,11-12,15-17,21-23H,6-10H2,1H3/t11-,12+,15+,16-,17-/m1/s1. The lowest BCUT2D eigenvalue weighted by atomic mass is 9.93. The number of rotatable bonds is 3. The smallest absolute Gasteiger partial charge is 0.146 e. The second-order valence-corrected chi connectivity index (χ2v) is 6.80. The predicted molar refractivity (Wildman–Crippen MR) is 85.8 cm³/mol. The Morgan fingerprint density at radius 2 is 1.87 bits per heavy atom. The molecule has 2 aliphatic rings. The van der Waals surface area contributed by atoms with Crippen LogP contribution in [-0.2, 0) is 0 Å². The molecule has 1 aromatic rings. The average molecular weight is 324 g/mol. The maximum Gasteiger partial charge on any atom is 0.146 e. The van der Waals surface area contributed by atoms with Crippen LogP contribution in [-0.4, -0.2) is 70.8 Å². The molecule has 1 aromatic carbocycles. The third-order valence-corrected chi connectivity index (χ3v) is 5.21. The van der Waals surface area contributed by atoms with Crippen molar-refractivity contribution in [3.05, 3.63) is 30.1 Å². The van der Waals surface area contributed by atoms with Crippen molar-refractivity contribution >= 4 is 5.69 Å². The normalized spacial score (nSPS) is 35.7. The van der Waals surface area contributed by atoms with E-state index in [-0.39, 0.29) is 11.9 Å². The molecule has 128 valence electrons. The molecule has 2 heterocycles. The lowest BCUT2D eigenvalue weighted by molar-refractivity contribution is -0.134. The third kappa shape index (κ3) is 3.35. The Balaban J connectivity index is 1.61. The molecular weight excluding hydrogens is 299 g/mol. The van der Waals surface area contributed by atoms with E-state index < -0.39 is 18.3 Å². The number of benzene rings is 1. The van der Waals surface area contributed by atoms with Gasteiger partial charge >= 0.3 is 0 Å². The predicted octanol–water partition coefficient (Wildman–Crippen LogP) is 0.439. The number of hydrogen-bond donors (Lipinski definition) is 3. The van der Waals surface area contributed by atoms with E-state index >= 15 is 0 Å². The number of halogens is 1. The highest BCUT2D eigenvalue weighted by Gasteiger charge is 2.40. The molecule has 23 heavy (non-hydrogen) atoms. The Labute approximate surface area is 136 Å². The second-order valence-electron chi connectivity index (χ2n) is 6.80. The summed E-state index contributed by atoms with van der Waals surface area (Å²) in [7, 11) is 0. The van der Waals surface area contributed by atoms with E-state index in [1.807, 2.05) is 17.9 Å². The molecule has 0 amide bonds. The van der Waals surface area contributed by atoms with Gasteiger partial charge in [0.15, 0.2) is 0 Å². The summed E-state index contributed by atoms with van der Waals surface area (Å²) in [6.07, 6.45) is -2.00. The van der Waals surface area contributed by atoms with E-state index in [4.69, 9.17) is 0 Å². The van der Waals surface area contributed by atoms with Crippen LogP contribution in [0.15, 0.2) is 24.3 Å². The summed E-state index contributed by atoms with van der Waals surface area (Å²) >= 11 is 0. The third-order valence-electron chi connectivity index (χ3n) is 5.21. The van der Waals surface area contributed by atoms with Gasteiger partial charge in [-0.1, -0.05) is 12.1 Å². The molecule has 0 radical (unpaired) electrons. The number of para-hydroxylation sites is 1. The zero-order chi connectivity index (χ0) is 16.6. The van der Waals surface area contributed by atoms with Crippen molar-refractivity contribution in [1.82, 2.24) is 4.90 Å². The SMILES string of the molecule is C[C@@H]1[C@@H](O)[C@H](O)[C@@H](O)CN1C[C@H]1CCN(c2ccccc2F)C1. The van der Waals surface area contributed by atoms with Crippen LogP contribution in [0, 0.1) is 11.7 Å². The first-order chi connectivity index (χ1) is 11.0. The number of likely N-dealkylation sites (tertiary alicyclic amines) is 1. The van der Waals surface area contributed by atoms with Crippen molar-refractivity contribution in [3.63, 3.8) is 0 Å². The molecule has 0 aliphatic carbocycles. The Morgan fingerprint density at radius 1 is 1.13 bits per heavy atom. The van der Waals surface area contributed by atoms with Gasteiger partial charge in [-0.2, -0.15) is 0 Å². The van der Waals surface area contributed by atoms with Gasteiger partial charge in [-0.3, -0.25) is 4.90 Å². The lowest BCUT2D eigenvalue weighted by Gasteiger charge is -2.43. The van der Waals surface area contributed by atoms with E-state index in [0.29, 0.717) is 18.2 Å². The van der Waals surface area contributed by atoms with E-state index in [2.05, 4.69) is 4.90 Å². The fourth-order valence-corrected chi connectivity index (χ4v) is 3.72. The van der Waals surface area contributed by atoms with Gasteiger partial charge in [-0.05, 0) is 31.4 Å². The minimum absolute atomic E-state index is 0.198. The fourth-order valence-electron chi connectivity index (χ4n) is 3.72. The van der Waals surface area contributed by atoms with Gasteiger partial charge in [0.25, 0.3) is 0 Å². The van der Waals surface area contributed by atoms with Crippen LogP contribution in [0.4, 0.5) is 10.1 Å². The van der Waals surface area contributed by atoms with E-state index in [1.54, 1.807) is 12.1 Å². The molecule has 2 aliphatic heterocycles. The molecule has 3 rings (SSSR count). The van der Waals surface area contributed by atoms with Gasteiger partial charge in [0, 0.05) is 32.2 Å². The quantitative estimate of drug-likeness (QED) is 0.753. The van der Waals surface area contributed by atoms with Gasteiger partial charge in [0.2, 0.25) is 0 Å². The van der Waals surface area contributed by atoms with Crippen LogP contribution in [0.3, 0.4) is 0 Å². The summed E-state index contributed by atoms with van der Waals surface area (Å²) in [6, 6.07) is 6.60. The molecule has 2 saturated heterocycles. The first-order valence-electron chi connectivity index (χ1n) is 8.25. The van der Waals surface area contributed by atoms with Gasteiger partial charge in [0.1, 0.15) is 11.9 Å². The van der Waals surface area contributed by atoms with Crippen LogP contribution in [0.1, 0.15) is 13.3 Å². The van der Waals surface area contributed by atoms with E-state index in [9.17, 15) is 19.7 Å². The molecule has 6 heteroatoms. The first kappa shape index (κ1) is 16.6. The van der Waals surface area contributed by atoms with Crippen LogP contribution in [0.25, 0.3) is 0 Å². The summed E-state index contributed by atoms with van der Waals surface area (Å²) in [6.45, 7) is 4.52. The number of β-amino-alcohol motifs (C(OH)–C–C–N with tert-alkyl or cyclic N) is 1. The number of piperidine rings is 1. The number of nitrogens with zero attached hydrogens (tertiary/aromatic N) is 2. The zero-order valence-electron chi connectivity index (χ0n) is 13.3. The largest absolute Gasteiger partial charge is 0.389 e. The van der Waals surface area contributed by atoms with Crippen molar-refractivity contribution in [2.24, 2.45) is 5.92 Å². The molecule has 0 spiro atoms. The monoisotopic (exact) mass is 324 g/mol. The van der Waals surface area contributed by atoms with Gasteiger partial charge in [-0.25, -0.2) is 4.39 Å². The summed E-state index contributed by atoms with van der Waals surface area (Å²) in [5.41, 5.74) is 0.636. The Kier molecular flexibility index (Phi) is 4.87. The molecule has 0 bridgehead atoms. The van der Waals surface area contributed by atoms with Crippen LogP contribution in [0.2, 0.25) is 0 Å². The van der Waals surface area contributed by atoms with Crippen molar-refractivity contribution < 1.29 is 19.7 Å². The number of aliphatic hydroxyl groups is 3. The average Bonchev–Trinajstić information content (AvgIpc) is 2.99. The van der Waals surface area contributed by atoms with Gasteiger partial charge < -0.3 is 20.2 Å². The number of aliphatic hydroxyl groups excluding tert-OH is 3. The maximum absolute atomic E-state index is 13.9. The Bertz CT molecular complexity index is 544. The number of anilines is 1. The summed E-state index contributed by atoms with van der Waals surface area (Å²) in [5, 5.41) is 29.6. The highest BCUT2D eigenvalue weighted by molar-refractivity contribution is 5.48. The van der Waals surface area contributed by atoms with Crippen molar-refractivity contribution in [2.45, 2.75) is 37.7 Å². The molecular formula is C17H25FN2O3. The highest BCUT2D eigenvalue weighted by atomic mass is 19.1. The van der Waals surface area contributed by atoms with Crippen LogP contribution >= 0.6 is 0 Å². The minimum atomic E-state index is -1.08. The molecule has 0 aromatic heterocycles. The van der Waals surface area contributed by atoms with Crippen LogP contribution < -0.4 is 4.90 Å². The molecule has 2 fully saturated rings. The van der Waals surface area contributed by atoms with Crippen molar-refractivity contribution in [2.75, 3.05) is 31.1 Å². The highest BCUT2D eigenvalue weighted by Crippen LogP contribution is 2.28. The van der Waals surface area contributed by atoms with Crippen molar-refractivity contribution in [1.29, 1.82) is 0 Å². The molecule has 5 atom stereocenters. The maximum atomic E-state index is 13.9. The van der Waals surface area contributed by atoms with E-state index in [0.717, 1.165) is 26.1 Å². The lowest BCUT2D eigenvalue weighted by Crippen LogP contribution is -2.60. The second kappa shape index (κ2) is 6.73. The first-order valence-corrected chi connectivity index (χ1v) is 8.25. The van der Waals surface area contributed by atoms with E-state index in [1.165, 1.54) is 6.07 Å². The van der Waals surface area contributed by atoms with Crippen molar-refractivity contribution in [3.8, 4) is 0 Å². The zero-order valence-corrected chi connectivity index (χ0v) is 13.3. The Morgan fingerprint density at radius 3 is 2.61 bits per heavy atom. The topological polar surface area (TPSA) is 67.2 Å². The minimum Gasteiger partial charge on any atom is -0.389 e. The number of hydrogen-bond acceptors (Lipinski definition) is 5. The van der Waals surface area contributed by atoms with Gasteiger partial charge in [-0.15, -0.1) is 0 Å².